The van der Waals surface area contributed by atoms with E-state index in [0.717, 1.165) is 24.2 Å². The Hall–Kier alpha value is -2.01. The second-order valence-corrected chi connectivity index (χ2v) is 4.44. The van der Waals surface area contributed by atoms with Gasteiger partial charge in [-0.15, -0.1) is 5.10 Å². The number of likely N-dealkylation sites (N-methyl/N-ethyl adjacent to an activating group) is 1. The van der Waals surface area contributed by atoms with E-state index in [-0.39, 0.29) is 11.9 Å². The topological polar surface area (TPSA) is 47.0 Å². The second kappa shape index (κ2) is 6.96. The highest BCUT2D eigenvalue weighted by molar-refractivity contribution is 5.21. The number of ether oxygens (including phenoxy) is 1. The van der Waals surface area contributed by atoms with Gasteiger partial charge >= 0.3 is 0 Å². The molecule has 0 bridgehead atoms. The Kier molecular flexibility index (Phi) is 5.01. The monoisotopic (exact) mass is 275 g/mol. The van der Waals surface area contributed by atoms with Gasteiger partial charge in [0, 0.05) is 6.07 Å². The minimum absolute atomic E-state index is 0.0452. The summed E-state index contributed by atoms with van der Waals surface area (Å²) in [5.74, 6) is 0.267. The number of benzene rings is 1. The summed E-state index contributed by atoms with van der Waals surface area (Å²) in [5.41, 5.74) is 1.90. The molecule has 0 saturated heterocycles. The van der Waals surface area contributed by atoms with Gasteiger partial charge in [0.2, 0.25) is 5.88 Å². The molecule has 0 aliphatic heterocycles. The summed E-state index contributed by atoms with van der Waals surface area (Å²) in [5, 5.41) is 11.5. The summed E-state index contributed by atoms with van der Waals surface area (Å²) in [6, 6.07) is 10.2. The minimum Gasteiger partial charge on any atom is -0.480 e. The van der Waals surface area contributed by atoms with Crippen molar-refractivity contribution in [3.05, 3.63) is 53.5 Å². The number of nitrogens with zero attached hydrogens (tertiary/aromatic N) is 2. The molecule has 5 heteroatoms. The standard InChI is InChI=1S/C15H18FN3O/c1-3-17-14(10-11-4-6-12(16)7-5-11)13-8-9-15(20-2)19-18-13/h4-9,14,17H,3,10H2,1-2H3. The lowest BCUT2D eigenvalue weighted by atomic mass is 10.0. The molecule has 0 aliphatic rings. The van der Waals surface area contributed by atoms with Crippen LogP contribution < -0.4 is 10.1 Å². The molecule has 106 valence electrons. The van der Waals surface area contributed by atoms with Crippen LogP contribution in [0.4, 0.5) is 4.39 Å². The fraction of sp³-hybridized carbons (Fsp3) is 0.333. The van der Waals surface area contributed by atoms with Crippen molar-refractivity contribution in [1.82, 2.24) is 15.5 Å². The summed E-state index contributed by atoms with van der Waals surface area (Å²) >= 11 is 0. The first-order chi connectivity index (χ1) is 9.72. The van der Waals surface area contributed by atoms with Crippen molar-refractivity contribution in [2.45, 2.75) is 19.4 Å². The van der Waals surface area contributed by atoms with Gasteiger partial charge in [0.1, 0.15) is 5.82 Å². The molecule has 0 radical (unpaired) electrons. The third kappa shape index (κ3) is 3.74. The molecule has 2 rings (SSSR count). The lowest BCUT2D eigenvalue weighted by Crippen LogP contribution is -2.24. The van der Waals surface area contributed by atoms with E-state index in [1.807, 2.05) is 13.0 Å². The number of halogens is 1. The molecule has 4 nitrogen and oxygen atoms in total. The summed E-state index contributed by atoms with van der Waals surface area (Å²) in [6.45, 7) is 2.86. The number of rotatable bonds is 6. The van der Waals surface area contributed by atoms with Crippen molar-refractivity contribution in [2.24, 2.45) is 0 Å². The van der Waals surface area contributed by atoms with Crippen LogP contribution in [0.25, 0.3) is 0 Å². The van der Waals surface area contributed by atoms with Gasteiger partial charge < -0.3 is 10.1 Å². The quantitative estimate of drug-likeness (QED) is 0.880. The van der Waals surface area contributed by atoms with Gasteiger partial charge in [-0.05, 0) is 36.7 Å². The fourth-order valence-electron chi connectivity index (χ4n) is 2.01. The van der Waals surface area contributed by atoms with Crippen molar-refractivity contribution in [3.8, 4) is 5.88 Å². The molecule has 1 aromatic carbocycles. The van der Waals surface area contributed by atoms with Crippen LogP contribution in [-0.4, -0.2) is 23.9 Å². The summed E-state index contributed by atoms with van der Waals surface area (Å²) in [4.78, 5) is 0. The van der Waals surface area contributed by atoms with Crippen molar-refractivity contribution >= 4 is 0 Å². The van der Waals surface area contributed by atoms with E-state index in [1.54, 1.807) is 25.3 Å². The van der Waals surface area contributed by atoms with E-state index in [1.165, 1.54) is 12.1 Å². The zero-order chi connectivity index (χ0) is 14.4. The molecule has 20 heavy (non-hydrogen) atoms. The van der Waals surface area contributed by atoms with Crippen LogP contribution in [0.5, 0.6) is 5.88 Å². The molecule has 0 saturated carbocycles. The fourth-order valence-corrected chi connectivity index (χ4v) is 2.01. The SMILES string of the molecule is CCNC(Cc1ccc(F)cc1)c1ccc(OC)nn1. The van der Waals surface area contributed by atoms with E-state index in [9.17, 15) is 4.39 Å². The summed E-state index contributed by atoms with van der Waals surface area (Å²) in [6.07, 6.45) is 0.731. The molecule has 0 fully saturated rings. The predicted octanol–water partition coefficient (Wildman–Crippen LogP) is 2.52. The lowest BCUT2D eigenvalue weighted by Gasteiger charge is -2.17. The van der Waals surface area contributed by atoms with E-state index < -0.39 is 0 Å². The van der Waals surface area contributed by atoms with Gasteiger partial charge in [0.25, 0.3) is 0 Å². The second-order valence-electron chi connectivity index (χ2n) is 4.44. The van der Waals surface area contributed by atoms with Gasteiger partial charge in [-0.1, -0.05) is 19.1 Å². The Morgan fingerprint density at radius 1 is 1.15 bits per heavy atom. The van der Waals surface area contributed by atoms with E-state index in [2.05, 4.69) is 15.5 Å². The van der Waals surface area contributed by atoms with Crippen molar-refractivity contribution in [2.75, 3.05) is 13.7 Å². The first-order valence-corrected chi connectivity index (χ1v) is 6.58. The third-order valence-corrected chi connectivity index (χ3v) is 3.03. The van der Waals surface area contributed by atoms with Crippen LogP contribution in [0.3, 0.4) is 0 Å². The minimum atomic E-state index is -0.224. The molecule has 1 heterocycles. The van der Waals surface area contributed by atoms with E-state index in [0.29, 0.717) is 5.88 Å². The summed E-state index contributed by atoms with van der Waals surface area (Å²) in [7, 11) is 1.56. The van der Waals surface area contributed by atoms with Crippen LogP contribution >= 0.6 is 0 Å². The zero-order valence-corrected chi connectivity index (χ0v) is 11.6. The Bertz CT molecular complexity index is 528. The number of methoxy groups -OCH3 is 1. The highest BCUT2D eigenvalue weighted by atomic mass is 19.1. The van der Waals surface area contributed by atoms with Crippen molar-refractivity contribution in [3.63, 3.8) is 0 Å². The zero-order valence-electron chi connectivity index (χ0n) is 11.6. The predicted molar refractivity (Wildman–Crippen MR) is 75.1 cm³/mol. The molecule has 0 spiro atoms. The average molecular weight is 275 g/mol. The van der Waals surface area contributed by atoms with Gasteiger partial charge in [0.15, 0.2) is 0 Å². The number of nitrogens with one attached hydrogen (secondary N) is 1. The smallest absolute Gasteiger partial charge is 0.233 e. The number of aromatic nitrogens is 2. The molecule has 1 N–H and O–H groups in total. The maximum absolute atomic E-state index is 12.9. The van der Waals surface area contributed by atoms with Crippen LogP contribution in [0.15, 0.2) is 36.4 Å². The molecule has 1 atom stereocenters. The normalized spacial score (nSPS) is 12.2. The highest BCUT2D eigenvalue weighted by Gasteiger charge is 2.13. The molecule has 1 aromatic heterocycles. The van der Waals surface area contributed by atoms with Crippen molar-refractivity contribution in [1.29, 1.82) is 0 Å². The molecule has 2 aromatic rings. The van der Waals surface area contributed by atoms with Crippen LogP contribution in [0, 0.1) is 5.82 Å². The van der Waals surface area contributed by atoms with Gasteiger partial charge in [-0.25, -0.2) is 4.39 Å². The Morgan fingerprint density at radius 2 is 1.90 bits per heavy atom. The maximum atomic E-state index is 12.9. The number of hydrogen-bond donors (Lipinski definition) is 1. The summed E-state index contributed by atoms with van der Waals surface area (Å²) < 4.78 is 17.9. The largest absolute Gasteiger partial charge is 0.480 e. The van der Waals surface area contributed by atoms with Crippen LogP contribution in [0.1, 0.15) is 24.2 Å². The lowest BCUT2D eigenvalue weighted by molar-refractivity contribution is 0.389. The van der Waals surface area contributed by atoms with Gasteiger partial charge in [0.05, 0.1) is 18.8 Å². The molecule has 0 amide bonds. The molecule has 1 unspecified atom stereocenters. The van der Waals surface area contributed by atoms with Crippen LogP contribution in [-0.2, 0) is 6.42 Å². The first-order valence-electron chi connectivity index (χ1n) is 6.58. The highest BCUT2D eigenvalue weighted by Crippen LogP contribution is 2.17. The van der Waals surface area contributed by atoms with E-state index >= 15 is 0 Å². The van der Waals surface area contributed by atoms with Gasteiger partial charge in [-0.2, -0.15) is 5.10 Å². The number of hydrogen-bond acceptors (Lipinski definition) is 4. The first kappa shape index (κ1) is 14.4. The maximum Gasteiger partial charge on any atom is 0.233 e. The van der Waals surface area contributed by atoms with E-state index in [4.69, 9.17) is 4.74 Å². The Balaban J connectivity index is 2.14. The van der Waals surface area contributed by atoms with Crippen molar-refractivity contribution < 1.29 is 9.13 Å². The van der Waals surface area contributed by atoms with Gasteiger partial charge in [-0.3, -0.25) is 0 Å². The molecular weight excluding hydrogens is 257 g/mol. The third-order valence-electron chi connectivity index (χ3n) is 3.03. The van der Waals surface area contributed by atoms with Crippen LogP contribution in [0.2, 0.25) is 0 Å². The molecular formula is C15H18FN3O. The Labute approximate surface area is 118 Å². The average Bonchev–Trinajstić information content (AvgIpc) is 2.49. The Morgan fingerprint density at radius 3 is 2.45 bits per heavy atom. The molecule has 0 aliphatic carbocycles.